The van der Waals surface area contributed by atoms with Crippen molar-refractivity contribution >= 4 is 23.2 Å². The molecule has 0 unspecified atom stereocenters. The molecule has 0 bridgehead atoms. The van der Waals surface area contributed by atoms with Gasteiger partial charge in [-0.1, -0.05) is 12.1 Å². The van der Waals surface area contributed by atoms with Gasteiger partial charge in [0.25, 0.3) is 5.91 Å². The minimum Gasteiger partial charge on any atom is -0.337 e. The summed E-state index contributed by atoms with van der Waals surface area (Å²) in [6, 6.07) is 6.18. The number of piperidine rings is 1. The maximum Gasteiger partial charge on any atom is 0.270 e. The molecule has 1 saturated heterocycles. The number of benzene rings is 1. The van der Waals surface area contributed by atoms with Crippen LogP contribution < -0.4 is 5.01 Å². The number of nitrogens with zero attached hydrogens (tertiary/aromatic N) is 6. The summed E-state index contributed by atoms with van der Waals surface area (Å²) in [4.78, 5) is 31.3. The van der Waals surface area contributed by atoms with E-state index in [-0.39, 0.29) is 17.9 Å². The zero-order valence-corrected chi connectivity index (χ0v) is 16.2. The second-order valence-electron chi connectivity index (χ2n) is 7.44. The molecule has 2 aliphatic rings. The van der Waals surface area contributed by atoms with Crippen molar-refractivity contribution in [1.29, 1.82) is 0 Å². The number of carbonyl (C=O) groups excluding carboxylic acids is 2. The summed E-state index contributed by atoms with van der Waals surface area (Å²) in [5.74, 6) is -0.144. The molecule has 2 amide bonds. The lowest BCUT2D eigenvalue weighted by Crippen LogP contribution is -2.45. The van der Waals surface area contributed by atoms with Gasteiger partial charge in [-0.3, -0.25) is 9.59 Å². The smallest absolute Gasteiger partial charge is 0.270 e. The van der Waals surface area contributed by atoms with Gasteiger partial charge in [-0.25, -0.2) is 14.7 Å². The zero-order chi connectivity index (χ0) is 19.7. The van der Waals surface area contributed by atoms with Crippen molar-refractivity contribution in [3.63, 3.8) is 0 Å². The van der Waals surface area contributed by atoms with E-state index in [4.69, 9.17) is 0 Å². The minimum atomic E-state index is -0.0739. The molecule has 146 valence electrons. The summed E-state index contributed by atoms with van der Waals surface area (Å²) in [5.41, 5.74) is 3.22. The molecule has 0 spiro atoms. The lowest BCUT2D eigenvalue weighted by molar-refractivity contribution is -0.125. The summed E-state index contributed by atoms with van der Waals surface area (Å²) in [5, 5.41) is 10.1. The highest BCUT2D eigenvalue weighted by Gasteiger charge is 2.31. The average molecular weight is 380 g/mol. The lowest BCUT2D eigenvalue weighted by Gasteiger charge is -2.33. The summed E-state index contributed by atoms with van der Waals surface area (Å²) in [6.45, 7) is 5.23. The fraction of sp³-hybridized carbons (Fsp3) is 0.450. The topological polar surface area (TPSA) is 83.7 Å². The minimum absolute atomic E-state index is 0.0696. The first-order valence-corrected chi connectivity index (χ1v) is 9.64. The fourth-order valence-electron chi connectivity index (χ4n) is 3.77. The van der Waals surface area contributed by atoms with Gasteiger partial charge in [0.2, 0.25) is 5.91 Å². The third kappa shape index (κ3) is 3.54. The Morgan fingerprint density at radius 1 is 1.14 bits per heavy atom. The number of likely N-dealkylation sites (tertiary alicyclic amines) is 1. The first-order chi connectivity index (χ1) is 13.5. The van der Waals surface area contributed by atoms with Gasteiger partial charge in [-0.15, -0.1) is 0 Å². The summed E-state index contributed by atoms with van der Waals surface area (Å²) in [6.07, 6.45) is 5.62. The number of amides is 2. The quantitative estimate of drug-likeness (QED) is 0.817. The van der Waals surface area contributed by atoms with Crippen LogP contribution in [0, 0.1) is 13.8 Å². The molecule has 1 aromatic heterocycles. The van der Waals surface area contributed by atoms with Gasteiger partial charge in [0.05, 0.1) is 11.7 Å². The van der Waals surface area contributed by atoms with Crippen molar-refractivity contribution in [3.8, 4) is 0 Å². The Balaban J connectivity index is 1.49. The van der Waals surface area contributed by atoms with Crippen LogP contribution in [0.3, 0.4) is 0 Å². The highest BCUT2D eigenvalue weighted by atomic mass is 16.2. The summed E-state index contributed by atoms with van der Waals surface area (Å²) >= 11 is 0. The van der Waals surface area contributed by atoms with Gasteiger partial charge in [-0.05, 0) is 43.9 Å². The normalized spacial score (nSPS) is 18.4. The highest BCUT2D eigenvalue weighted by molar-refractivity contribution is 6.40. The molecular formula is C20H24N6O2. The molecule has 3 heterocycles. The van der Waals surface area contributed by atoms with E-state index in [0.717, 1.165) is 29.7 Å². The predicted octanol–water partition coefficient (Wildman–Crippen LogP) is 2.24. The van der Waals surface area contributed by atoms with Gasteiger partial charge in [0.15, 0.2) is 0 Å². The molecule has 1 fully saturated rings. The van der Waals surface area contributed by atoms with E-state index in [2.05, 4.69) is 15.2 Å². The molecule has 2 aromatic rings. The van der Waals surface area contributed by atoms with Crippen molar-refractivity contribution in [2.45, 2.75) is 45.6 Å². The maximum atomic E-state index is 13.0. The van der Waals surface area contributed by atoms with Crippen LogP contribution in [-0.4, -0.2) is 50.3 Å². The first kappa shape index (κ1) is 18.3. The Morgan fingerprint density at radius 2 is 1.93 bits per heavy atom. The number of hydrogen-bond acceptors (Lipinski definition) is 5. The van der Waals surface area contributed by atoms with Crippen LogP contribution in [0.4, 0.5) is 5.69 Å². The van der Waals surface area contributed by atoms with Crippen LogP contribution in [0.2, 0.25) is 0 Å². The number of carbonyl (C=O) groups is 2. The van der Waals surface area contributed by atoms with E-state index in [1.165, 1.54) is 11.3 Å². The molecule has 8 heteroatoms. The van der Waals surface area contributed by atoms with Crippen LogP contribution >= 0.6 is 0 Å². The second-order valence-corrected chi connectivity index (χ2v) is 7.44. The van der Waals surface area contributed by atoms with Crippen molar-refractivity contribution in [3.05, 3.63) is 42.0 Å². The van der Waals surface area contributed by atoms with Gasteiger partial charge >= 0.3 is 0 Å². The van der Waals surface area contributed by atoms with Gasteiger partial charge < -0.3 is 4.90 Å². The average Bonchev–Trinajstić information content (AvgIpc) is 3.25. The molecule has 2 aliphatic heterocycles. The molecule has 28 heavy (non-hydrogen) atoms. The van der Waals surface area contributed by atoms with Crippen molar-refractivity contribution in [1.82, 2.24) is 19.7 Å². The van der Waals surface area contributed by atoms with Crippen LogP contribution in [0.5, 0.6) is 0 Å². The molecule has 8 nitrogen and oxygen atoms in total. The summed E-state index contributed by atoms with van der Waals surface area (Å²) < 4.78 is 1.86. The van der Waals surface area contributed by atoms with E-state index < -0.39 is 0 Å². The van der Waals surface area contributed by atoms with Gasteiger partial charge in [-0.2, -0.15) is 10.2 Å². The first-order valence-electron chi connectivity index (χ1n) is 9.64. The van der Waals surface area contributed by atoms with E-state index in [0.29, 0.717) is 31.6 Å². The monoisotopic (exact) mass is 380 g/mol. The highest BCUT2D eigenvalue weighted by Crippen LogP contribution is 2.27. The molecule has 0 radical (unpaired) electrons. The Kier molecular flexibility index (Phi) is 4.93. The molecular weight excluding hydrogens is 356 g/mol. The lowest BCUT2D eigenvalue weighted by atomic mass is 10.0. The van der Waals surface area contributed by atoms with E-state index in [1.807, 2.05) is 41.6 Å². The van der Waals surface area contributed by atoms with E-state index >= 15 is 0 Å². The maximum absolute atomic E-state index is 13.0. The second kappa shape index (κ2) is 7.53. The van der Waals surface area contributed by atoms with Crippen molar-refractivity contribution < 1.29 is 9.59 Å². The van der Waals surface area contributed by atoms with E-state index in [1.54, 1.807) is 6.33 Å². The number of hydrazone groups is 1. The number of aromatic nitrogens is 3. The van der Waals surface area contributed by atoms with E-state index in [9.17, 15) is 9.59 Å². The Hall–Kier alpha value is -3.03. The molecule has 0 saturated carbocycles. The van der Waals surface area contributed by atoms with Gasteiger partial charge in [0.1, 0.15) is 18.4 Å². The SMILES string of the molecule is Cc1ccc(C)c(N2N=C(C(=O)N3CCC(n4cncn4)CC3)CCC2=O)c1. The molecule has 4 rings (SSSR count). The van der Waals surface area contributed by atoms with Crippen LogP contribution in [0.25, 0.3) is 0 Å². The third-order valence-corrected chi connectivity index (χ3v) is 5.43. The third-order valence-electron chi connectivity index (χ3n) is 5.43. The number of aryl methyl sites for hydroxylation is 2. The van der Waals surface area contributed by atoms with Crippen molar-refractivity contribution in [2.75, 3.05) is 18.1 Å². The Labute approximate surface area is 163 Å². The Morgan fingerprint density at radius 3 is 2.64 bits per heavy atom. The molecule has 1 aromatic carbocycles. The van der Waals surface area contributed by atoms with Crippen LogP contribution in [0.15, 0.2) is 36.0 Å². The predicted molar refractivity (Wildman–Crippen MR) is 105 cm³/mol. The largest absolute Gasteiger partial charge is 0.337 e. The van der Waals surface area contributed by atoms with Gasteiger partial charge in [0, 0.05) is 25.9 Å². The summed E-state index contributed by atoms with van der Waals surface area (Å²) in [7, 11) is 0. The van der Waals surface area contributed by atoms with Crippen LogP contribution in [0.1, 0.15) is 42.9 Å². The van der Waals surface area contributed by atoms with Crippen LogP contribution in [-0.2, 0) is 9.59 Å². The zero-order valence-electron chi connectivity index (χ0n) is 16.2. The molecule has 0 atom stereocenters. The molecule has 0 aliphatic carbocycles. The van der Waals surface area contributed by atoms with Crippen molar-refractivity contribution in [2.24, 2.45) is 5.10 Å². The number of anilines is 1. The number of rotatable bonds is 3. The Bertz CT molecular complexity index is 913. The molecule has 0 N–H and O–H groups in total. The number of hydrogen-bond donors (Lipinski definition) is 0. The standard InChI is InChI=1S/C20H24N6O2/c1-14-3-4-15(2)18(11-14)26-19(27)6-5-17(23-26)20(28)24-9-7-16(8-10-24)25-13-21-12-22-25/h3-4,11-13,16H,5-10H2,1-2H3. The fourth-order valence-corrected chi connectivity index (χ4v) is 3.77.